The molecule has 1 saturated heterocycles. The third-order valence-corrected chi connectivity index (χ3v) is 6.17. The van der Waals surface area contributed by atoms with Crippen molar-refractivity contribution in [3.63, 3.8) is 0 Å². The summed E-state index contributed by atoms with van der Waals surface area (Å²) in [7, 11) is 0. The van der Waals surface area contributed by atoms with Crippen LogP contribution in [-0.4, -0.2) is 29.5 Å². The van der Waals surface area contributed by atoms with Gasteiger partial charge in [0.2, 0.25) is 5.91 Å². The number of rotatable bonds is 5. The number of nitrogens with one attached hydrogen (secondary N) is 3. The molecule has 3 atom stereocenters. The van der Waals surface area contributed by atoms with Crippen molar-refractivity contribution in [2.75, 3.05) is 6.54 Å². The van der Waals surface area contributed by atoms with Gasteiger partial charge in [0.1, 0.15) is 11.9 Å². The molecule has 0 spiro atoms. The van der Waals surface area contributed by atoms with Crippen molar-refractivity contribution in [1.29, 1.82) is 10.5 Å². The third kappa shape index (κ3) is 3.93. The quantitative estimate of drug-likeness (QED) is 0.536. The van der Waals surface area contributed by atoms with Crippen LogP contribution in [0.2, 0.25) is 0 Å². The Bertz CT molecular complexity index is 1350. The van der Waals surface area contributed by atoms with Gasteiger partial charge in [-0.25, -0.2) is 4.39 Å². The first kappa shape index (κ1) is 21.5. The first-order valence-corrected chi connectivity index (χ1v) is 10.6. The van der Waals surface area contributed by atoms with E-state index in [0.717, 1.165) is 19.4 Å². The number of pyridine rings is 1. The molecule has 2 aromatic carbocycles. The van der Waals surface area contributed by atoms with Gasteiger partial charge in [-0.05, 0) is 54.1 Å². The van der Waals surface area contributed by atoms with E-state index in [0.29, 0.717) is 21.9 Å². The Hall–Kier alpha value is -3.75. The van der Waals surface area contributed by atoms with E-state index < -0.39 is 17.4 Å². The van der Waals surface area contributed by atoms with E-state index in [2.05, 4.69) is 15.6 Å². The van der Waals surface area contributed by atoms with E-state index in [1.807, 2.05) is 19.1 Å². The van der Waals surface area contributed by atoms with Crippen LogP contribution in [0.4, 0.5) is 4.39 Å². The molecule has 4 rings (SSSR count). The van der Waals surface area contributed by atoms with E-state index in [4.69, 9.17) is 5.26 Å². The molecule has 1 aromatic heterocycles. The number of benzene rings is 2. The molecule has 0 saturated carbocycles. The summed E-state index contributed by atoms with van der Waals surface area (Å²) in [5.74, 6) is -0.618. The molecule has 1 aliphatic rings. The van der Waals surface area contributed by atoms with Gasteiger partial charge in [0.15, 0.2) is 0 Å². The van der Waals surface area contributed by atoms with Crippen LogP contribution in [-0.2, 0) is 11.2 Å². The summed E-state index contributed by atoms with van der Waals surface area (Å²) in [5.41, 5.74) is 0.598. The second-order valence-electron chi connectivity index (χ2n) is 8.10. The maximum Gasteiger partial charge on any atom is 0.256 e. The van der Waals surface area contributed by atoms with Gasteiger partial charge in [0.25, 0.3) is 5.56 Å². The molecule has 0 radical (unpaired) electrons. The van der Waals surface area contributed by atoms with Crippen molar-refractivity contribution >= 4 is 27.6 Å². The lowest BCUT2D eigenvalue weighted by atomic mass is 9.96. The van der Waals surface area contributed by atoms with Gasteiger partial charge in [-0.15, -0.1) is 0 Å². The lowest BCUT2D eigenvalue weighted by Crippen LogP contribution is -2.48. The summed E-state index contributed by atoms with van der Waals surface area (Å²) in [4.78, 5) is 28.0. The Labute approximate surface area is 183 Å². The van der Waals surface area contributed by atoms with E-state index in [1.165, 1.54) is 12.1 Å². The smallest absolute Gasteiger partial charge is 0.256 e. The SMILES string of the molecule is CC[C@H]1CCN[C@@H]1C(=O)NC(C#N)Cc1cc2c(=O)[nH]c3cc(C#N)ccc3c2cc1F. The van der Waals surface area contributed by atoms with Crippen molar-refractivity contribution < 1.29 is 9.18 Å². The number of halogens is 1. The predicted octanol–water partition coefficient (Wildman–Crippen LogP) is 2.63. The lowest BCUT2D eigenvalue weighted by molar-refractivity contribution is -0.124. The number of nitriles is 2. The van der Waals surface area contributed by atoms with Gasteiger partial charge in [-0.2, -0.15) is 10.5 Å². The molecule has 1 fully saturated rings. The molecule has 162 valence electrons. The molecule has 32 heavy (non-hydrogen) atoms. The molecule has 1 unspecified atom stereocenters. The Kier molecular flexibility index (Phi) is 5.89. The molecule has 1 aliphatic heterocycles. The van der Waals surface area contributed by atoms with Crippen molar-refractivity contribution in [3.05, 3.63) is 57.6 Å². The summed E-state index contributed by atoms with van der Waals surface area (Å²) in [6.07, 6.45) is 1.70. The minimum atomic E-state index is -0.924. The summed E-state index contributed by atoms with van der Waals surface area (Å²) in [6.45, 7) is 2.77. The molecule has 2 heterocycles. The summed E-state index contributed by atoms with van der Waals surface area (Å²) >= 11 is 0. The van der Waals surface area contributed by atoms with Crippen molar-refractivity contribution in [2.24, 2.45) is 5.92 Å². The molecule has 1 amide bonds. The molecular weight excluding hydrogens is 409 g/mol. The number of fused-ring (bicyclic) bond motifs is 3. The second-order valence-corrected chi connectivity index (χ2v) is 8.10. The minimum absolute atomic E-state index is 0.0572. The Morgan fingerprint density at radius 1 is 1.25 bits per heavy atom. The number of hydrogen-bond acceptors (Lipinski definition) is 5. The fourth-order valence-corrected chi connectivity index (χ4v) is 4.44. The van der Waals surface area contributed by atoms with Crippen LogP contribution in [0, 0.1) is 34.4 Å². The van der Waals surface area contributed by atoms with Gasteiger partial charge in [-0.1, -0.05) is 19.4 Å². The number of amides is 1. The third-order valence-electron chi connectivity index (χ3n) is 6.17. The topological polar surface area (TPSA) is 122 Å². The number of aromatic nitrogens is 1. The average Bonchev–Trinajstić information content (AvgIpc) is 3.28. The summed E-state index contributed by atoms with van der Waals surface area (Å²) in [5, 5.41) is 25.8. The second kappa shape index (κ2) is 8.78. The van der Waals surface area contributed by atoms with Crippen molar-refractivity contribution in [2.45, 2.75) is 38.3 Å². The highest BCUT2D eigenvalue weighted by Gasteiger charge is 2.32. The number of carbonyl (C=O) groups is 1. The zero-order valence-corrected chi connectivity index (χ0v) is 17.5. The molecule has 8 heteroatoms. The number of carbonyl (C=O) groups excluding carboxylic acids is 1. The molecular formula is C24H22FN5O2. The van der Waals surface area contributed by atoms with E-state index in [1.54, 1.807) is 18.2 Å². The fourth-order valence-electron chi connectivity index (χ4n) is 4.44. The van der Waals surface area contributed by atoms with Crippen LogP contribution in [0.5, 0.6) is 0 Å². The van der Waals surface area contributed by atoms with Crippen LogP contribution >= 0.6 is 0 Å². The average molecular weight is 431 g/mol. The van der Waals surface area contributed by atoms with E-state index in [9.17, 15) is 19.2 Å². The van der Waals surface area contributed by atoms with Crippen molar-refractivity contribution in [1.82, 2.24) is 15.6 Å². The Morgan fingerprint density at radius 3 is 2.78 bits per heavy atom. The Morgan fingerprint density at radius 2 is 2.06 bits per heavy atom. The van der Waals surface area contributed by atoms with Crippen LogP contribution in [0.3, 0.4) is 0 Å². The van der Waals surface area contributed by atoms with E-state index in [-0.39, 0.29) is 35.2 Å². The maximum absolute atomic E-state index is 15.0. The van der Waals surface area contributed by atoms with E-state index >= 15 is 0 Å². The predicted molar refractivity (Wildman–Crippen MR) is 118 cm³/mol. The molecule has 0 bridgehead atoms. The van der Waals surface area contributed by atoms with Gasteiger partial charge < -0.3 is 15.6 Å². The van der Waals surface area contributed by atoms with Crippen LogP contribution in [0.25, 0.3) is 21.7 Å². The van der Waals surface area contributed by atoms with Crippen LogP contribution < -0.4 is 16.2 Å². The number of H-pyrrole nitrogens is 1. The molecule has 0 aliphatic carbocycles. The highest BCUT2D eigenvalue weighted by Crippen LogP contribution is 2.26. The first-order valence-electron chi connectivity index (χ1n) is 10.6. The maximum atomic E-state index is 15.0. The highest BCUT2D eigenvalue weighted by molar-refractivity contribution is 6.05. The number of aromatic amines is 1. The molecule has 7 nitrogen and oxygen atoms in total. The standard InChI is InChI=1S/C24H22FN5O2/c1-2-14-5-6-28-22(14)24(32)29-16(12-27)8-15-9-19-18(10-20(15)25)17-4-3-13(11-26)7-21(17)30-23(19)31/h3-4,7,9-10,14,16,22,28H,2,5-6,8H2,1H3,(H,29,32)(H,30,31)/t14-,16?,22-/m0/s1. The summed E-state index contributed by atoms with van der Waals surface area (Å²) < 4.78 is 15.0. The molecule has 3 aromatic rings. The van der Waals surface area contributed by atoms with Crippen LogP contribution in [0.1, 0.15) is 30.9 Å². The van der Waals surface area contributed by atoms with Crippen molar-refractivity contribution in [3.8, 4) is 12.1 Å². The lowest BCUT2D eigenvalue weighted by Gasteiger charge is -2.20. The first-order chi connectivity index (χ1) is 15.4. The highest BCUT2D eigenvalue weighted by atomic mass is 19.1. The zero-order valence-electron chi connectivity index (χ0n) is 17.5. The van der Waals surface area contributed by atoms with Crippen LogP contribution in [0.15, 0.2) is 35.1 Å². The Balaban J connectivity index is 1.64. The summed E-state index contributed by atoms with van der Waals surface area (Å²) in [6, 6.07) is 10.3. The number of nitrogens with zero attached hydrogens (tertiary/aromatic N) is 2. The van der Waals surface area contributed by atoms with Gasteiger partial charge in [0, 0.05) is 17.2 Å². The van der Waals surface area contributed by atoms with Gasteiger partial charge in [-0.3, -0.25) is 9.59 Å². The minimum Gasteiger partial charge on any atom is -0.339 e. The number of hydrogen-bond donors (Lipinski definition) is 3. The zero-order chi connectivity index (χ0) is 22.8. The normalized spacial score (nSPS) is 18.9. The molecule has 3 N–H and O–H groups in total. The monoisotopic (exact) mass is 431 g/mol. The fraction of sp³-hybridized carbons (Fsp3) is 0.333. The largest absolute Gasteiger partial charge is 0.339 e. The van der Waals surface area contributed by atoms with Gasteiger partial charge >= 0.3 is 0 Å². The van der Waals surface area contributed by atoms with Gasteiger partial charge in [0.05, 0.1) is 29.3 Å².